The van der Waals surface area contributed by atoms with Crippen molar-refractivity contribution >= 4 is 11.8 Å². The molecule has 2 amide bonds. The summed E-state index contributed by atoms with van der Waals surface area (Å²) in [7, 11) is 0. The highest BCUT2D eigenvalue weighted by Crippen LogP contribution is 2.19. The summed E-state index contributed by atoms with van der Waals surface area (Å²) in [5, 5.41) is 5.48. The van der Waals surface area contributed by atoms with Crippen LogP contribution in [0.5, 0.6) is 0 Å². The van der Waals surface area contributed by atoms with Crippen molar-refractivity contribution in [1.82, 2.24) is 15.5 Å². The molecule has 3 rings (SSSR count). The van der Waals surface area contributed by atoms with Crippen LogP contribution in [-0.2, 0) is 17.9 Å². The van der Waals surface area contributed by atoms with E-state index >= 15 is 0 Å². The molecule has 0 spiro atoms. The summed E-state index contributed by atoms with van der Waals surface area (Å²) in [4.78, 5) is 26.4. The molecule has 144 valence electrons. The number of nitrogens with zero attached hydrogens (tertiary/aromatic N) is 1. The summed E-state index contributed by atoms with van der Waals surface area (Å²) in [5.41, 5.74) is 2.77. The molecule has 1 aromatic heterocycles. The van der Waals surface area contributed by atoms with Crippen LogP contribution in [0.15, 0.2) is 47.3 Å². The monoisotopic (exact) mass is 369 g/mol. The largest absolute Gasteiger partial charge is 0.472 e. The predicted molar refractivity (Wildman–Crippen MR) is 103 cm³/mol. The topological polar surface area (TPSA) is 74.6 Å². The molecule has 2 N–H and O–H groups in total. The average Bonchev–Trinajstić information content (AvgIpc) is 3.22. The standard InChI is InChI=1S/C21H27N3O3/c1-16-6-9-24(10-7-16)14-18-5-3-2-4-17(18)12-22-20(25)13-23-21(26)19-8-11-27-15-19/h2-5,8,11,15-16H,6-7,9-10,12-14H2,1H3,(H,22,25)(H,23,26). The molecule has 1 aromatic carbocycles. The third kappa shape index (κ3) is 5.69. The first kappa shape index (κ1) is 19.2. The molecule has 1 saturated heterocycles. The fourth-order valence-corrected chi connectivity index (χ4v) is 3.26. The van der Waals surface area contributed by atoms with Gasteiger partial charge in [0.1, 0.15) is 6.26 Å². The molecule has 6 nitrogen and oxygen atoms in total. The fraction of sp³-hybridized carbons (Fsp3) is 0.429. The minimum atomic E-state index is -0.321. The summed E-state index contributed by atoms with van der Waals surface area (Å²) >= 11 is 0. The van der Waals surface area contributed by atoms with Gasteiger partial charge in [-0.15, -0.1) is 0 Å². The van der Waals surface area contributed by atoms with E-state index in [1.807, 2.05) is 18.2 Å². The number of rotatable bonds is 7. The van der Waals surface area contributed by atoms with E-state index in [1.165, 1.54) is 30.9 Å². The van der Waals surface area contributed by atoms with Crippen LogP contribution in [0.25, 0.3) is 0 Å². The van der Waals surface area contributed by atoms with E-state index in [-0.39, 0.29) is 18.4 Å². The number of carbonyl (C=O) groups is 2. The second-order valence-corrected chi connectivity index (χ2v) is 7.20. The van der Waals surface area contributed by atoms with Gasteiger partial charge in [-0.25, -0.2) is 0 Å². The van der Waals surface area contributed by atoms with Crippen molar-refractivity contribution < 1.29 is 14.0 Å². The Hall–Kier alpha value is -2.60. The molecular formula is C21H27N3O3. The average molecular weight is 369 g/mol. The van der Waals surface area contributed by atoms with Crippen LogP contribution in [0.2, 0.25) is 0 Å². The predicted octanol–water partition coefficient (Wildman–Crippen LogP) is 2.56. The number of likely N-dealkylation sites (tertiary alicyclic amines) is 1. The number of nitrogens with one attached hydrogen (secondary N) is 2. The number of hydrogen-bond donors (Lipinski definition) is 2. The zero-order chi connectivity index (χ0) is 19.1. The molecule has 0 aliphatic carbocycles. The zero-order valence-corrected chi connectivity index (χ0v) is 15.7. The van der Waals surface area contributed by atoms with E-state index in [0.717, 1.165) is 31.1 Å². The van der Waals surface area contributed by atoms with Gasteiger partial charge in [0.2, 0.25) is 5.91 Å². The van der Waals surface area contributed by atoms with Crippen molar-refractivity contribution in [3.8, 4) is 0 Å². The van der Waals surface area contributed by atoms with E-state index < -0.39 is 0 Å². The Bertz CT molecular complexity index is 750. The summed E-state index contributed by atoms with van der Waals surface area (Å²) < 4.78 is 4.86. The minimum Gasteiger partial charge on any atom is -0.472 e. The summed E-state index contributed by atoms with van der Waals surface area (Å²) in [5.74, 6) is 0.278. The molecule has 0 bridgehead atoms. The van der Waals surface area contributed by atoms with Crippen LogP contribution >= 0.6 is 0 Å². The smallest absolute Gasteiger partial charge is 0.254 e. The minimum absolute atomic E-state index is 0.0593. The lowest BCUT2D eigenvalue weighted by molar-refractivity contribution is -0.120. The molecule has 2 aromatic rings. The molecule has 0 saturated carbocycles. The Balaban J connectivity index is 1.47. The molecular weight excluding hydrogens is 342 g/mol. The van der Waals surface area contributed by atoms with E-state index in [0.29, 0.717) is 12.1 Å². The quantitative estimate of drug-likeness (QED) is 0.787. The second-order valence-electron chi connectivity index (χ2n) is 7.20. The molecule has 1 fully saturated rings. The Labute approximate surface area is 159 Å². The van der Waals surface area contributed by atoms with E-state index in [9.17, 15) is 9.59 Å². The Morgan fingerprint density at radius 1 is 1.11 bits per heavy atom. The lowest BCUT2D eigenvalue weighted by Crippen LogP contribution is -2.37. The number of benzene rings is 1. The van der Waals surface area contributed by atoms with Crippen molar-refractivity contribution in [3.05, 3.63) is 59.5 Å². The first-order valence-electron chi connectivity index (χ1n) is 9.48. The van der Waals surface area contributed by atoms with Crippen LogP contribution < -0.4 is 10.6 Å². The number of hydrogen-bond acceptors (Lipinski definition) is 4. The van der Waals surface area contributed by atoms with Crippen molar-refractivity contribution in [2.75, 3.05) is 19.6 Å². The molecule has 0 radical (unpaired) electrons. The lowest BCUT2D eigenvalue weighted by atomic mass is 9.98. The summed E-state index contributed by atoms with van der Waals surface area (Å²) in [6.07, 6.45) is 5.27. The van der Waals surface area contributed by atoms with Crippen LogP contribution in [0.1, 0.15) is 41.3 Å². The van der Waals surface area contributed by atoms with Gasteiger partial charge < -0.3 is 15.1 Å². The first-order chi connectivity index (χ1) is 13.1. The molecule has 1 aliphatic rings. The van der Waals surface area contributed by atoms with Crippen LogP contribution in [0.3, 0.4) is 0 Å². The van der Waals surface area contributed by atoms with E-state index in [4.69, 9.17) is 4.42 Å². The highest BCUT2D eigenvalue weighted by atomic mass is 16.3. The number of amides is 2. The number of furan rings is 1. The van der Waals surface area contributed by atoms with Crippen molar-refractivity contribution in [2.24, 2.45) is 5.92 Å². The van der Waals surface area contributed by atoms with Crippen molar-refractivity contribution in [3.63, 3.8) is 0 Å². The normalized spacial score (nSPS) is 15.4. The van der Waals surface area contributed by atoms with Gasteiger partial charge in [-0.1, -0.05) is 31.2 Å². The first-order valence-corrected chi connectivity index (χ1v) is 9.48. The molecule has 0 unspecified atom stereocenters. The van der Waals surface area contributed by atoms with E-state index in [2.05, 4.69) is 28.5 Å². The lowest BCUT2D eigenvalue weighted by Gasteiger charge is -2.30. The zero-order valence-electron chi connectivity index (χ0n) is 15.7. The molecule has 0 atom stereocenters. The molecule has 2 heterocycles. The SMILES string of the molecule is CC1CCN(Cc2ccccc2CNC(=O)CNC(=O)c2ccoc2)CC1. The number of carbonyl (C=O) groups excluding carboxylic acids is 2. The van der Waals surface area contributed by atoms with Crippen LogP contribution in [0, 0.1) is 5.92 Å². The Morgan fingerprint density at radius 3 is 2.56 bits per heavy atom. The third-order valence-electron chi connectivity index (χ3n) is 5.06. The van der Waals surface area contributed by atoms with Gasteiger partial charge in [0.25, 0.3) is 5.91 Å². The van der Waals surface area contributed by atoms with Gasteiger partial charge in [0.05, 0.1) is 18.4 Å². The number of piperidine rings is 1. The highest BCUT2D eigenvalue weighted by molar-refractivity contribution is 5.96. The fourth-order valence-electron chi connectivity index (χ4n) is 3.26. The van der Waals surface area contributed by atoms with Gasteiger partial charge in [-0.05, 0) is 49.0 Å². The second kappa shape index (κ2) is 9.37. The van der Waals surface area contributed by atoms with Gasteiger partial charge in [0, 0.05) is 13.1 Å². The Morgan fingerprint density at radius 2 is 1.85 bits per heavy atom. The molecule has 27 heavy (non-hydrogen) atoms. The molecule has 1 aliphatic heterocycles. The van der Waals surface area contributed by atoms with Crippen LogP contribution in [-0.4, -0.2) is 36.3 Å². The maximum absolute atomic E-state index is 12.1. The summed E-state index contributed by atoms with van der Waals surface area (Å²) in [6.45, 7) is 5.88. The van der Waals surface area contributed by atoms with Crippen molar-refractivity contribution in [2.45, 2.75) is 32.9 Å². The Kier molecular flexibility index (Phi) is 6.65. The maximum atomic E-state index is 12.1. The van der Waals surface area contributed by atoms with Gasteiger partial charge in [0.15, 0.2) is 0 Å². The third-order valence-corrected chi connectivity index (χ3v) is 5.06. The van der Waals surface area contributed by atoms with Gasteiger partial charge in [-0.2, -0.15) is 0 Å². The van der Waals surface area contributed by atoms with E-state index in [1.54, 1.807) is 6.07 Å². The van der Waals surface area contributed by atoms with Gasteiger partial charge in [-0.3, -0.25) is 14.5 Å². The highest BCUT2D eigenvalue weighted by Gasteiger charge is 2.17. The maximum Gasteiger partial charge on any atom is 0.254 e. The van der Waals surface area contributed by atoms with Crippen LogP contribution in [0.4, 0.5) is 0 Å². The molecule has 6 heteroatoms. The van der Waals surface area contributed by atoms with Gasteiger partial charge >= 0.3 is 0 Å². The van der Waals surface area contributed by atoms with Crippen molar-refractivity contribution in [1.29, 1.82) is 0 Å². The summed E-state index contributed by atoms with van der Waals surface area (Å²) in [6, 6.07) is 9.76.